The second-order valence-corrected chi connectivity index (χ2v) is 4.84. The Morgan fingerprint density at radius 1 is 1.33 bits per heavy atom. The summed E-state index contributed by atoms with van der Waals surface area (Å²) in [6.45, 7) is 4.19. The number of hydrogen-bond acceptors (Lipinski definition) is 3. The molecular formula is C13H20ClN3O. The molecule has 0 aromatic carbocycles. The Labute approximate surface area is 113 Å². The molecule has 1 unspecified atom stereocenters. The maximum atomic E-state index is 11.8. The van der Waals surface area contributed by atoms with Gasteiger partial charge in [0.05, 0.1) is 12.4 Å². The van der Waals surface area contributed by atoms with Crippen LogP contribution in [0.25, 0.3) is 0 Å². The van der Waals surface area contributed by atoms with E-state index in [1.807, 2.05) is 6.92 Å². The van der Waals surface area contributed by atoms with Gasteiger partial charge in [-0.05, 0) is 13.3 Å². The molecular weight excluding hydrogens is 250 g/mol. The molecule has 18 heavy (non-hydrogen) atoms. The van der Waals surface area contributed by atoms with Crippen molar-refractivity contribution in [2.24, 2.45) is 0 Å². The summed E-state index contributed by atoms with van der Waals surface area (Å²) in [6.07, 6.45) is 8.60. The van der Waals surface area contributed by atoms with Crippen molar-refractivity contribution in [3.05, 3.63) is 23.2 Å². The highest BCUT2D eigenvalue weighted by Crippen LogP contribution is 2.06. The lowest BCUT2D eigenvalue weighted by Crippen LogP contribution is -2.33. The van der Waals surface area contributed by atoms with Crippen LogP contribution in [0.15, 0.2) is 12.4 Å². The number of aromatic nitrogens is 2. The maximum Gasteiger partial charge on any atom is 0.271 e. The molecule has 5 heteroatoms. The number of rotatable bonds is 7. The molecule has 0 aliphatic carbocycles. The van der Waals surface area contributed by atoms with Crippen LogP contribution >= 0.6 is 11.6 Å². The van der Waals surface area contributed by atoms with Crippen molar-refractivity contribution < 1.29 is 4.79 Å². The number of amides is 1. The largest absolute Gasteiger partial charge is 0.348 e. The minimum absolute atomic E-state index is 0.159. The first kappa shape index (κ1) is 14.9. The molecule has 0 saturated carbocycles. The fourth-order valence-electron chi connectivity index (χ4n) is 1.68. The minimum Gasteiger partial charge on any atom is -0.348 e. The molecule has 0 aliphatic rings. The van der Waals surface area contributed by atoms with Crippen LogP contribution in [0.5, 0.6) is 0 Å². The third kappa shape index (κ3) is 5.45. The van der Waals surface area contributed by atoms with Gasteiger partial charge in [0.1, 0.15) is 10.8 Å². The zero-order chi connectivity index (χ0) is 13.4. The molecule has 1 aromatic heterocycles. The number of nitrogens with one attached hydrogen (secondary N) is 1. The van der Waals surface area contributed by atoms with Gasteiger partial charge in [-0.15, -0.1) is 0 Å². The monoisotopic (exact) mass is 269 g/mol. The Morgan fingerprint density at radius 2 is 2.11 bits per heavy atom. The lowest BCUT2D eigenvalue weighted by atomic mass is 10.1. The highest BCUT2D eigenvalue weighted by molar-refractivity contribution is 6.29. The Kier molecular flexibility index (Phi) is 6.65. The van der Waals surface area contributed by atoms with Crippen molar-refractivity contribution in [1.82, 2.24) is 15.3 Å². The molecule has 0 bridgehead atoms. The predicted octanol–water partition coefficient (Wildman–Crippen LogP) is 3.22. The third-order valence-corrected chi connectivity index (χ3v) is 2.92. The second-order valence-electron chi connectivity index (χ2n) is 4.45. The van der Waals surface area contributed by atoms with Crippen molar-refractivity contribution in [2.75, 3.05) is 0 Å². The van der Waals surface area contributed by atoms with Crippen LogP contribution in [0.2, 0.25) is 5.15 Å². The molecule has 0 spiro atoms. The number of carbonyl (C=O) groups excluding carboxylic acids is 1. The van der Waals surface area contributed by atoms with Crippen LogP contribution in [-0.4, -0.2) is 21.9 Å². The van der Waals surface area contributed by atoms with Crippen molar-refractivity contribution in [3.8, 4) is 0 Å². The summed E-state index contributed by atoms with van der Waals surface area (Å²) in [5.74, 6) is -0.192. The zero-order valence-electron chi connectivity index (χ0n) is 10.9. The van der Waals surface area contributed by atoms with Gasteiger partial charge < -0.3 is 5.32 Å². The van der Waals surface area contributed by atoms with Gasteiger partial charge in [0.2, 0.25) is 0 Å². The molecule has 1 heterocycles. The first-order chi connectivity index (χ1) is 8.63. The Bertz CT molecular complexity index is 367. The van der Waals surface area contributed by atoms with E-state index < -0.39 is 0 Å². The van der Waals surface area contributed by atoms with E-state index in [-0.39, 0.29) is 11.9 Å². The standard InChI is InChI=1S/C13H20ClN3O/c1-3-4-5-6-7-10(2)17-13(18)11-8-16-12(14)9-15-11/h8-10H,3-7H2,1-2H3,(H,17,18). The summed E-state index contributed by atoms with van der Waals surface area (Å²) in [7, 11) is 0. The van der Waals surface area contributed by atoms with E-state index >= 15 is 0 Å². The minimum atomic E-state index is -0.192. The summed E-state index contributed by atoms with van der Waals surface area (Å²) in [6, 6.07) is 0.159. The van der Waals surface area contributed by atoms with E-state index in [1.165, 1.54) is 31.7 Å². The summed E-state index contributed by atoms with van der Waals surface area (Å²) in [5, 5.41) is 3.20. The van der Waals surface area contributed by atoms with Gasteiger partial charge in [-0.3, -0.25) is 4.79 Å². The van der Waals surface area contributed by atoms with E-state index in [0.717, 1.165) is 12.8 Å². The van der Waals surface area contributed by atoms with Gasteiger partial charge in [0.15, 0.2) is 0 Å². The normalized spacial score (nSPS) is 12.2. The highest BCUT2D eigenvalue weighted by Gasteiger charge is 2.11. The van der Waals surface area contributed by atoms with E-state index in [0.29, 0.717) is 10.8 Å². The molecule has 0 aliphatic heterocycles. The molecule has 1 amide bonds. The summed E-state index contributed by atoms with van der Waals surface area (Å²) >= 11 is 5.61. The quantitative estimate of drug-likeness (QED) is 0.773. The summed E-state index contributed by atoms with van der Waals surface area (Å²) in [4.78, 5) is 19.6. The predicted molar refractivity (Wildman–Crippen MR) is 72.7 cm³/mol. The molecule has 0 radical (unpaired) electrons. The molecule has 1 atom stereocenters. The van der Waals surface area contributed by atoms with Crippen LogP contribution in [0.4, 0.5) is 0 Å². The van der Waals surface area contributed by atoms with Crippen LogP contribution in [0.3, 0.4) is 0 Å². The topological polar surface area (TPSA) is 54.9 Å². The molecule has 0 saturated heterocycles. The number of nitrogens with zero attached hydrogens (tertiary/aromatic N) is 2. The van der Waals surface area contributed by atoms with E-state index in [9.17, 15) is 4.79 Å². The second kappa shape index (κ2) is 8.03. The first-order valence-electron chi connectivity index (χ1n) is 6.42. The Morgan fingerprint density at radius 3 is 2.72 bits per heavy atom. The zero-order valence-corrected chi connectivity index (χ0v) is 11.7. The first-order valence-corrected chi connectivity index (χ1v) is 6.79. The summed E-state index contributed by atoms with van der Waals surface area (Å²) in [5.41, 5.74) is 0.305. The average molecular weight is 270 g/mol. The molecule has 1 rings (SSSR count). The molecule has 1 N–H and O–H groups in total. The van der Waals surface area contributed by atoms with Gasteiger partial charge in [0, 0.05) is 6.04 Å². The number of carbonyl (C=O) groups is 1. The lowest BCUT2D eigenvalue weighted by molar-refractivity contribution is 0.0932. The van der Waals surface area contributed by atoms with Gasteiger partial charge in [0.25, 0.3) is 5.91 Å². The van der Waals surface area contributed by atoms with Crippen LogP contribution < -0.4 is 5.32 Å². The van der Waals surface area contributed by atoms with Crippen LogP contribution in [-0.2, 0) is 0 Å². The lowest BCUT2D eigenvalue weighted by Gasteiger charge is -2.13. The Balaban J connectivity index is 2.33. The van der Waals surface area contributed by atoms with Crippen molar-refractivity contribution >= 4 is 17.5 Å². The van der Waals surface area contributed by atoms with Crippen LogP contribution in [0.1, 0.15) is 56.4 Å². The van der Waals surface area contributed by atoms with Gasteiger partial charge in [-0.1, -0.05) is 44.2 Å². The van der Waals surface area contributed by atoms with Crippen molar-refractivity contribution in [3.63, 3.8) is 0 Å². The SMILES string of the molecule is CCCCCCC(C)NC(=O)c1cnc(Cl)cn1. The molecule has 100 valence electrons. The molecule has 4 nitrogen and oxygen atoms in total. The van der Waals surface area contributed by atoms with Crippen molar-refractivity contribution in [1.29, 1.82) is 0 Å². The van der Waals surface area contributed by atoms with E-state index in [4.69, 9.17) is 11.6 Å². The fourth-order valence-corrected chi connectivity index (χ4v) is 1.77. The van der Waals surface area contributed by atoms with E-state index in [2.05, 4.69) is 22.2 Å². The molecule has 0 fully saturated rings. The highest BCUT2D eigenvalue weighted by atomic mass is 35.5. The third-order valence-electron chi connectivity index (χ3n) is 2.72. The van der Waals surface area contributed by atoms with Gasteiger partial charge in [-0.2, -0.15) is 0 Å². The molecule has 1 aromatic rings. The fraction of sp³-hybridized carbons (Fsp3) is 0.615. The average Bonchev–Trinajstić information content (AvgIpc) is 2.35. The Hall–Kier alpha value is -1.16. The van der Waals surface area contributed by atoms with Gasteiger partial charge >= 0.3 is 0 Å². The number of halogens is 1. The smallest absolute Gasteiger partial charge is 0.271 e. The number of unbranched alkanes of at least 4 members (excludes halogenated alkanes) is 3. The number of hydrogen-bond donors (Lipinski definition) is 1. The van der Waals surface area contributed by atoms with Crippen molar-refractivity contribution in [2.45, 2.75) is 52.0 Å². The van der Waals surface area contributed by atoms with Crippen LogP contribution in [0, 0.1) is 0 Å². The van der Waals surface area contributed by atoms with E-state index in [1.54, 1.807) is 0 Å². The summed E-state index contributed by atoms with van der Waals surface area (Å²) < 4.78 is 0. The van der Waals surface area contributed by atoms with Gasteiger partial charge in [-0.25, -0.2) is 9.97 Å². The maximum absolute atomic E-state index is 11.8.